The Morgan fingerprint density at radius 2 is 1.66 bits per heavy atom. The molecule has 2 aliphatic rings. The van der Waals surface area contributed by atoms with Gasteiger partial charge in [0, 0.05) is 36.2 Å². The Hall–Kier alpha value is -5.00. The molecule has 1 saturated heterocycles. The van der Waals surface area contributed by atoms with Gasteiger partial charge in [-0.2, -0.15) is 0 Å². The highest BCUT2D eigenvalue weighted by Crippen LogP contribution is 2.30. The number of imide groups is 1. The molecule has 2 amide bonds. The maximum Gasteiger partial charge on any atom is 0.355 e. The summed E-state index contributed by atoms with van der Waals surface area (Å²) in [4.78, 5) is 79.9. The van der Waals surface area contributed by atoms with Gasteiger partial charge in [-0.15, -0.1) is 5.06 Å². The number of carbonyl (C=O) groups excluding carboxylic acids is 5. The molecule has 12 nitrogen and oxygen atoms in total. The molecule has 2 aromatic rings. The highest BCUT2D eigenvalue weighted by Gasteiger charge is 2.33. The second-order valence-corrected chi connectivity index (χ2v) is 8.21. The number of allylic oxidation sites excluding steroid dienone is 2. The van der Waals surface area contributed by atoms with Crippen LogP contribution in [0.15, 0.2) is 63.1 Å². The van der Waals surface area contributed by atoms with Crippen molar-refractivity contribution in [3.05, 3.63) is 75.4 Å². The molecule has 0 saturated carbocycles. The number of carbonyl (C=O) groups is 5. The SMILES string of the molecule is COC(=O)C1=C(C(=O)OC)N(c2ccc3c(C)c(CC(=O)ON4C(=O)CCC4=O)c(=O)oc3c2)C=CC=C1. The lowest BCUT2D eigenvalue weighted by Gasteiger charge is -2.23. The first-order valence-electron chi connectivity index (χ1n) is 11.3. The summed E-state index contributed by atoms with van der Waals surface area (Å²) >= 11 is 0. The first-order chi connectivity index (χ1) is 18.2. The number of amides is 2. The predicted octanol–water partition coefficient (Wildman–Crippen LogP) is 1.74. The van der Waals surface area contributed by atoms with E-state index < -0.39 is 41.8 Å². The van der Waals surface area contributed by atoms with E-state index in [4.69, 9.17) is 18.7 Å². The van der Waals surface area contributed by atoms with Gasteiger partial charge in [0.1, 0.15) is 11.3 Å². The molecule has 0 aliphatic carbocycles. The van der Waals surface area contributed by atoms with Crippen LogP contribution in [0.1, 0.15) is 24.0 Å². The van der Waals surface area contributed by atoms with Crippen molar-refractivity contribution in [2.45, 2.75) is 26.2 Å². The topological polar surface area (TPSA) is 150 Å². The van der Waals surface area contributed by atoms with Crippen molar-refractivity contribution in [3.63, 3.8) is 0 Å². The van der Waals surface area contributed by atoms with E-state index >= 15 is 0 Å². The van der Waals surface area contributed by atoms with Gasteiger partial charge in [-0.05, 0) is 36.8 Å². The summed E-state index contributed by atoms with van der Waals surface area (Å²) in [5.74, 6) is -3.79. The van der Waals surface area contributed by atoms with Crippen LogP contribution in [0.2, 0.25) is 0 Å². The van der Waals surface area contributed by atoms with Gasteiger partial charge in [-0.1, -0.05) is 6.08 Å². The summed E-state index contributed by atoms with van der Waals surface area (Å²) in [5.41, 5.74) is -0.0713. The largest absolute Gasteiger partial charge is 0.465 e. The third-order valence-electron chi connectivity index (χ3n) is 5.96. The van der Waals surface area contributed by atoms with Crippen molar-refractivity contribution in [3.8, 4) is 0 Å². The minimum Gasteiger partial charge on any atom is -0.465 e. The molecule has 1 aromatic heterocycles. The number of hydrogen-bond acceptors (Lipinski definition) is 11. The highest BCUT2D eigenvalue weighted by atomic mass is 16.7. The Bertz CT molecular complexity index is 1510. The highest BCUT2D eigenvalue weighted by molar-refractivity contribution is 6.06. The van der Waals surface area contributed by atoms with Gasteiger partial charge < -0.3 is 23.6 Å². The zero-order valence-corrected chi connectivity index (χ0v) is 20.6. The van der Waals surface area contributed by atoms with Gasteiger partial charge in [-0.25, -0.2) is 19.2 Å². The zero-order chi connectivity index (χ0) is 27.6. The molecular formula is C26H22N2O10. The van der Waals surface area contributed by atoms with Crippen LogP contribution in [0, 0.1) is 6.92 Å². The van der Waals surface area contributed by atoms with Gasteiger partial charge in [0.2, 0.25) is 0 Å². The van der Waals surface area contributed by atoms with E-state index in [1.54, 1.807) is 31.2 Å². The van der Waals surface area contributed by atoms with E-state index in [1.165, 1.54) is 37.5 Å². The Balaban J connectivity index is 1.71. The second kappa shape index (κ2) is 10.5. The van der Waals surface area contributed by atoms with Crippen molar-refractivity contribution in [1.29, 1.82) is 0 Å². The van der Waals surface area contributed by atoms with Crippen LogP contribution >= 0.6 is 0 Å². The lowest BCUT2D eigenvalue weighted by Crippen LogP contribution is -2.33. The van der Waals surface area contributed by atoms with Crippen LogP contribution in [-0.2, 0) is 44.7 Å². The summed E-state index contributed by atoms with van der Waals surface area (Å²) < 4.78 is 15.2. The average molecular weight is 522 g/mol. The van der Waals surface area contributed by atoms with Gasteiger partial charge in [-0.3, -0.25) is 9.59 Å². The summed E-state index contributed by atoms with van der Waals surface area (Å²) in [6, 6.07) is 4.72. The molecule has 0 N–H and O–H groups in total. The maximum absolute atomic E-state index is 12.8. The molecule has 0 atom stereocenters. The van der Waals surface area contributed by atoms with Crippen LogP contribution in [0.5, 0.6) is 0 Å². The monoisotopic (exact) mass is 522 g/mol. The van der Waals surface area contributed by atoms with Gasteiger partial charge in [0.15, 0.2) is 0 Å². The maximum atomic E-state index is 12.8. The van der Waals surface area contributed by atoms with Crippen LogP contribution in [0.25, 0.3) is 11.0 Å². The van der Waals surface area contributed by atoms with Gasteiger partial charge >= 0.3 is 23.5 Å². The lowest BCUT2D eigenvalue weighted by molar-refractivity contribution is -0.197. The smallest absolute Gasteiger partial charge is 0.355 e. The van der Waals surface area contributed by atoms with Crippen LogP contribution in [-0.4, -0.2) is 49.0 Å². The Morgan fingerprint density at radius 3 is 2.32 bits per heavy atom. The first-order valence-corrected chi connectivity index (χ1v) is 11.3. The molecule has 0 radical (unpaired) electrons. The normalized spacial score (nSPS) is 15.2. The third kappa shape index (κ3) is 4.83. The fourth-order valence-electron chi connectivity index (χ4n) is 4.04. The number of rotatable bonds is 6. The summed E-state index contributed by atoms with van der Waals surface area (Å²) in [6.07, 6.45) is 5.44. The van der Waals surface area contributed by atoms with E-state index in [1.807, 2.05) is 0 Å². The van der Waals surface area contributed by atoms with E-state index in [9.17, 15) is 28.8 Å². The minimum absolute atomic E-state index is 0.00339. The molecule has 4 rings (SSSR count). The van der Waals surface area contributed by atoms with Gasteiger partial charge in [0.25, 0.3) is 11.8 Å². The number of benzene rings is 1. The molecule has 196 valence electrons. The number of methoxy groups -OCH3 is 2. The number of fused-ring (bicyclic) bond motifs is 1. The Kier molecular flexibility index (Phi) is 7.24. The average Bonchev–Trinajstić information content (AvgIpc) is 3.09. The number of hydroxylamine groups is 2. The van der Waals surface area contributed by atoms with E-state index in [0.717, 1.165) is 0 Å². The zero-order valence-electron chi connectivity index (χ0n) is 20.6. The predicted molar refractivity (Wildman–Crippen MR) is 130 cm³/mol. The van der Waals surface area contributed by atoms with Crippen molar-refractivity contribution in [2.75, 3.05) is 19.1 Å². The number of ether oxygens (including phenoxy) is 2. The number of anilines is 1. The summed E-state index contributed by atoms with van der Waals surface area (Å²) in [5, 5.41) is 0.892. The second-order valence-electron chi connectivity index (χ2n) is 8.21. The number of hydrogen-bond donors (Lipinski definition) is 0. The molecule has 1 aromatic carbocycles. The van der Waals surface area contributed by atoms with Crippen LogP contribution < -0.4 is 10.5 Å². The third-order valence-corrected chi connectivity index (χ3v) is 5.96. The van der Waals surface area contributed by atoms with Crippen molar-refractivity contribution in [1.82, 2.24) is 5.06 Å². The quantitative estimate of drug-likeness (QED) is 0.310. The van der Waals surface area contributed by atoms with Crippen LogP contribution in [0.3, 0.4) is 0 Å². The summed E-state index contributed by atoms with van der Waals surface area (Å²) in [7, 11) is 2.36. The van der Waals surface area contributed by atoms with Crippen LogP contribution in [0.4, 0.5) is 5.69 Å². The molecule has 0 spiro atoms. The van der Waals surface area contributed by atoms with E-state index in [2.05, 4.69) is 0 Å². The van der Waals surface area contributed by atoms with Crippen molar-refractivity contribution < 1.29 is 42.7 Å². The molecule has 38 heavy (non-hydrogen) atoms. The first kappa shape index (κ1) is 26.1. The van der Waals surface area contributed by atoms with E-state index in [0.29, 0.717) is 21.7 Å². The number of aryl methyl sites for hydroxylation is 1. The molecule has 12 heteroatoms. The fourth-order valence-corrected chi connectivity index (χ4v) is 4.04. The molecule has 0 bridgehead atoms. The number of nitrogens with zero attached hydrogens (tertiary/aromatic N) is 2. The molecule has 2 aliphatic heterocycles. The lowest BCUT2D eigenvalue weighted by atomic mass is 10.0. The summed E-state index contributed by atoms with van der Waals surface area (Å²) in [6.45, 7) is 1.61. The molecule has 1 fully saturated rings. The van der Waals surface area contributed by atoms with Gasteiger partial charge in [0.05, 0.1) is 31.8 Å². The van der Waals surface area contributed by atoms with Crippen molar-refractivity contribution in [2.24, 2.45) is 0 Å². The minimum atomic E-state index is -0.967. The number of esters is 2. The molecule has 0 unspecified atom stereocenters. The Morgan fingerprint density at radius 1 is 0.974 bits per heavy atom. The molecular weight excluding hydrogens is 500 g/mol. The van der Waals surface area contributed by atoms with Crippen molar-refractivity contribution >= 4 is 46.4 Å². The Labute approximate surface area is 215 Å². The fraction of sp³-hybridized carbons (Fsp3) is 0.231. The standard InChI is InChI=1S/C26H22N2O10/c1-14-16-8-7-15(27-11-5-4-6-17(24(32)35-2)23(27)26(34)36-3)12-19(16)37-25(33)18(14)13-22(31)38-28-20(29)9-10-21(28)30/h4-8,11-12H,9-10,13H2,1-3H3. The molecule has 3 heterocycles. The van der Waals surface area contributed by atoms with E-state index in [-0.39, 0.29) is 35.3 Å².